The van der Waals surface area contributed by atoms with Gasteiger partial charge in [0.1, 0.15) is 17.4 Å². The maximum atomic E-state index is 9.33. The molecule has 108 valence electrons. The summed E-state index contributed by atoms with van der Waals surface area (Å²) >= 11 is 0. The summed E-state index contributed by atoms with van der Waals surface area (Å²) in [4.78, 5) is 4.33. The van der Waals surface area contributed by atoms with Crippen molar-refractivity contribution in [3.63, 3.8) is 0 Å². The first-order chi connectivity index (χ1) is 10.2. The van der Waals surface area contributed by atoms with E-state index in [0.717, 1.165) is 29.7 Å². The number of benzene rings is 1. The Morgan fingerprint density at radius 2 is 2.00 bits per heavy atom. The zero-order valence-corrected chi connectivity index (χ0v) is 12.5. The van der Waals surface area contributed by atoms with Gasteiger partial charge in [-0.2, -0.15) is 5.26 Å². The first-order valence-electron chi connectivity index (χ1n) is 7.63. The molecule has 0 amide bonds. The van der Waals surface area contributed by atoms with Gasteiger partial charge in [0, 0.05) is 11.6 Å². The molecule has 0 N–H and O–H groups in total. The summed E-state index contributed by atoms with van der Waals surface area (Å²) in [7, 11) is 0. The van der Waals surface area contributed by atoms with Gasteiger partial charge < -0.3 is 4.74 Å². The van der Waals surface area contributed by atoms with Crippen LogP contribution in [0.15, 0.2) is 30.5 Å². The predicted molar refractivity (Wildman–Crippen MR) is 83.1 cm³/mol. The van der Waals surface area contributed by atoms with Crippen LogP contribution in [0.4, 0.5) is 0 Å². The van der Waals surface area contributed by atoms with E-state index in [1.165, 1.54) is 6.42 Å². The van der Waals surface area contributed by atoms with Gasteiger partial charge in [-0.25, -0.2) is 0 Å². The van der Waals surface area contributed by atoms with Crippen LogP contribution in [0.1, 0.15) is 38.7 Å². The molecule has 2 aromatic rings. The third-order valence-electron chi connectivity index (χ3n) is 4.68. The van der Waals surface area contributed by atoms with Gasteiger partial charge >= 0.3 is 0 Å². The Balaban J connectivity index is 1.94. The highest BCUT2D eigenvalue weighted by atomic mass is 16.5. The molecule has 3 heteroatoms. The lowest BCUT2D eigenvalue weighted by molar-refractivity contribution is 0.102. The summed E-state index contributed by atoms with van der Waals surface area (Å²) in [6.45, 7) is 4.60. The lowest BCUT2D eigenvalue weighted by Gasteiger charge is -2.32. The molecule has 3 unspecified atom stereocenters. The number of fused-ring (bicyclic) bond motifs is 1. The molecule has 3 nitrogen and oxygen atoms in total. The largest absolute Gasteiger partial charge is 0.488 e. The zero-order chi connectivity index (χ0) is 14.8. The van der Waals surface area contributed by atoms with E-state index in [0.29, 0.717) is 17.2 Å². The number of pyridine rings is 1. The van der Waals surface area contributed by atoms with Crippen LogP contribution in [0, 0.1) is 23.2 Å². The zero-order valence-electron chi connectivity index (χ0n) is 12.5. The maximum Gasteiger partial charge on any atom is 0.148 e. The molecule has 1 saturated carbocycles. The van der Waals surface area contributed by atoms with E-state index in [9.17, 15) is 5.26 Å². The summed E-state index contributed by atoms with van der Waals surface area (Å²) in [5.74, 6) is 2.13. The second-order valence-corrected chi connectivity index (χ2v) is 6.14. The minimum Gasteiger partial charge on any atom is -0.488 e. The molecule has 0 saturated heterocycles. The fourth-order valence-corrected chi connectivity index (χ4v) is 3.09. The number of hydrogen-bond donors (Lipinski definition) is 0. The summed E-state index contributed by atoms with van der Waals surface area (Å²) in [6.07, 6.45) is 5.13. The van der Waals surface area contributed by atoms with Crippen LogP contribution in [0.2, 0.25) is 0 Å². The molecule has 21 heavy (non-hydrogen) atoms. The molecule has 0 radical (unpaired) electrons. The second-order valence-electron chi connectivity index (χ2n) is 6.14. The molecular weight excluding hydrogens is 260 g/mol. The van der Waals surface area contributed by atoms with E-state index in [-0.39, 0.29) is 6.10 Å². The van der Waals surface area contributed by atoms with Crippen LogP contribution in [-0.4, -0.2) is 11.1 Å². The van der Waals surface area contributed by atoms with Crippen molar-refractivity contribution < 1.29 is 4.74 Å². The van der Waals surface area contributed by atoms with E-state index >= 15 is 0 Å². The lowest BCUT2D eigenvalue weighted by Crippen LogP contribution is -2.29. The highest BCUT2D eigenvalue weighted by molar-refractivity contribution is 5.87. The van der Waals surface area contributed by atoms with Crippen molar-refractivity contribution in [2.45, 2.75) is 39.2 Å². The average molecular weight is 280 g/mol. The topological polar surface area (TPSA) is 45.9 Å². The molecule has 0 spiro atoms. The van der Waals surface area contributed by atoms with Crippen LogP contribution < -0.4 is 4.74 Å². The third kappa shape index (κ3) is 2.71. The molecular formula is C18H20N2O. The lowest BCUT2D eigenvalue weighted by atomic mass is 9.80. The smallest absolute Gasteiger partial charge is 0.148 e. The molecule has 1 aromatic carbocycles. The van der Waals surface area contributed by atoms with Crippen molar-refractivity contribution in [1.82, 2.24) is 4.98 Å². The second kappa shape index (κ2) is 5.73. The maximum absolute atomic E-state index is 9.33. The van der Waals surface area contributed by atoms with Gasteiger partial charge in [-0.1, -0.05) is 26.0 Å². The minimum absolute atomic E-state index is 0.203. The first-order valence-corrected chi connectivity index (χ1v) is 7.63. The van der Waals surface area contributed by atoms with Gasteiger partial charge in [0.2, 0.25) is 0 Å². The Labute approximate surface area is 125 Å². The Hall–Kier alpha value is -2.08. The average Bonchev–Trinajstić information content (AvgIpc) is 2.51. The number of ether oxygens (including phenoxy) is 1. The first kappa shape index (κ1) is 13.9. The standard InChI is InChI=1S/C18H20N2O/c1-12-7-8-15(9-13(12)2)21-18-14(10-19)11-20-17-6-4-3-5-16(17)18/h3-6,11-13,15H,7-9H2,1-2H3. The fraction of sp³-hybridized carbons (Fsp3) is 0.444. The van der Waals surface area contributed by atoms with Gasteiger partial charge in [-0.3, -0.25) is 4.98 Å². The summed E-state index contributed by atoms with van der Waals surface area (Å²) in [5.41, 5.74) is 1.41. The summed E-state index contributed by atoms with van der Waals surface area (Å²) in [5, 5.41) is 10.3. The van der Waals surface area contributed by atoms with Crippen LogP contribution >= 0.6 is 0 Å². The summed E-state index contributed by atoms with van der Waals surface area (Å²) < 4.78 is 6.25. The SMILES string of the molecule is CC1CCC(Oc2c(C#N)cnc3ccccc23)CC1C. The van der Waals surface area contributed by atoms with Crippen LogP contribution in [0.25, 0.3) is 10.9 Å². The van der Waals surface area contributed by atoms with Crippen molar-refractivity contribution in [2.75, 3.05) is 0 Å². The minimum atomic E-state index is 0.203. The van der Waals surface area contributed by atoms with Crippen molar-refractivity contribution in [1.29, 1.82) is 5.26 Å². The van der Waals surface area contributed by atoms with Crippen LogP contribution in [0.3, 0.4) is 0 Å². The highest BCUT2D eigenvalue weighted by Crippen LogP contribution is 2.35. The molecule has 1 fully saturated rings. The van der Waals surface area contributed by atoms with Crippen molar-refractivity contribution in [3.8, 4) is 11.8 Å². The van der Waals surface area contributed by atoms with E-state index in [4.69, 9.17) is 4.74 Å². The summed E-state index contributed by atoms with van der Waals surface area (Å²) in [6, 6.07) is 10.1. The predicted octanol–water partition coefficient (Wildman–Crippen LogP) is 4.31. The van der Waals surface area contributed by atoms with Crippen molar-refractivity contribution in [2.24, 2.45) is 11.8 Å². The van der Waals surface area contributed by atoms with E-state index in [1.54, 1.807) is 6.20 Å². The fourth-order valence-electron chi connectivity index (χ4n) is 3.09. The van der Waals surface area contributed by atoms with E-state index in [2.05, 4.69) is 24.9 Å². The molecule has 3 rings (SSSR count). The Kier molecular flexibility index (Phi) is 3.79. The molecule has 3 atom stereocenters. The number of hydrogen-bond acceptors (Lipinski definition) is 3. The number of para-hydroxylation sites is 1. The van der Waals surface area contributed by atoms with E-state index in [1.807, 2.05) is 24.3 Å². The Morgan fingerprint density at radius 3 is 2.76 bits per heavy atom. The molecule has 1 heterocycles. The number of nitrogens with zero attached hydrogens (tertiary/aromatic N) is 2. The molecule has 1 aromatic heterocycles. The van der Waals surface area contributed by atoms with Crippen LogP contribution in [-0.2, 0) is 0 Å². The number of nitriles is 1. The Bertz CT molecular complexity index is 689. The van der Waals surface area contributed by atoms with Crippen molar-refractivity contribution >= 4 is 10.9 Å². The Morgan fingerprint density at radius 1 is 1.19 bits per heavy atom. The molecule has 0 bridgehead atoms. The molecule has 0 aliphatic heterocycles. The van der Waals surface area contributed by atoms with Gasteiger partial charge in [-0.05, 0) is 43.2 Å². The van der Waals surface area contributed by atoms with Gasteiger partial charge in [-0.15, -0.1) is 0 Å². The monoisotopic (exact) mass is 280 g/mol. The van der Waals surface area contributed by atoms with Crippen molar-refractivity contribution in [3.05, 3.63) is 36.0 Å². The third-order valence-corrected chi connectivity index (χ3v) is 4.68. The quantitative estimate of drug-likeness (QED) is 0.823. The van der Waals surface area contributed by atoms with Gasteiger partial charge in [0.25, 0.3) is 0 Å². The van der Waals surface area contributed by atoms with Gasteiger partial charge in [0.15, 0.2) is 0 Å². The van der Waals surface area contributed by atoms with Gasteiger partial charge in [0.05, 0.1) is 11.6 Å². The number of aromatic nitrogens is 1. The van der Waals surface area contributed by atoms with E-state index < -0.39 is 0 Å². The molecule has 1 aliphatic carbocycles. The normalized spacial score (nSPS) is 25.5. The highest BCUT2D eigenvalue weighted by Gasteiger charge is 2.26. The number of rotatable bonds is 2. The van der Waals surface area contributed by atoms with Crippen LogP contribution in [0.5, 0.6) is 5.75 Å². The molecule has 1 aliphatic rings.